The third-order valence-electron chi connectivity index (χ3n) is 5.43. The molecule has 1 unspecified atom stereocenters. The van der Waals surface area contributed by atoms with Crippen molar-refractivity contribution in [1.82, 2.24) is 0 Å². The van der Waals surface area contributed by atoms with E-state index in [2.05, 4.69) is 49.5 Å². The molecule has 1 N–H and O–H groups in total. The molecule has 31 heavy (non-hydrogen) atoms. The van der Waals surface area contributed by atoms with Gasteiger partial charge in [-0.3, -0.25) is 4.99 Å². The Labute approximate surface area is 199 Å². The Bertz CT molecular complexity index is 1110. The lowest BCUT2D eigenvalue weighted by molar-refractivity contribution is 0.647. The summed E-state index contributed by atoms with van der Waals surface area (Å²) in [5, 5.41) is 5.20. The molecule has 0 spiro atoms. The van der Waals surface area contributed by atoms with E-state index >= 15 is 0 Å². The second-order valence-corrected chi connectivity index (χ2v) is 10.5. The van der Waals surface area contributed by atoms with Crippen LogP contribution in [-0.4, -0.2) is 16.7 Å². The molecule has 0 radical (unpaired) electrons. The maximum Gasteiger partial charge on any atom is 0.105 e. The minimum atomic E-state index is -0.0892. The summed E-state index contributed by atoms with van der Waals surface area (Å²) in [6, 6.07) is 19.1. The van der Waals surface area contributed by atoms with Crippen LogP contribution in [0.4, 0.5) is 5.00 Å². The second kappa shape index (κ2) is 9.64. The first kappa shape index (κ1) is 22.2. The first-order valence-electron chi connectivity index (χ1n) is 10.7. The van der Waals surface area contributed by atoms with Crippen molar-refractivity contribution in [1.29, 1.82) is 0 Å². The van der Waals surface area contributed by atoms with Gasteiger partial charge in [0.1, 0.15) is 9.99 Å². The number of fused-ring (bicyclic) bond motifs is 1. The highest BCUT2D eigenvalue weighted by Gasteiger charge is 2.24. The van der Waals surface area contributed by atoms with Gasteiger partial charge >= 0.3 is 0 Å². The van der Waals surface area contributed by atoms with Gasteiger partial charge in [0.2, 0.25) is 0 Å². The molecular formula is C26H27ClN2S2. The van der Waals surface area contributed by atoms with Gasteiger partial charge in [-0.25, -0.2) is 0 Å². The minimum absolute atomic E-state index is 0.0892. The summed E-state index contributed by atoms with van der Waals surface area (Å²) < 4.78 is 0. The van der Waals surface area contributed by atoms with Crippen molar-refractivity contribution in [2.75, 3.05) is 5.32 Å². The van der Waals surface area contributed by atoms with Crippen LogP contribution in [-0.2, 0) is 19.3 Å². The van der Waals surface area contributed by atoms with E-state index in [1.807, 2.05) is 31.2 Å². The number of hydrogen-bond acceptors (Lipinski definition) is 3. The number of anilines is 1. The van der Waals surface area contributed by atoms with E-state index in [1.165, 1.54) is 16.0 Å². The van der Waals surface area contributed by atoms with Crippen LogP contribution in [0.15, 0.2) is 59.6 Å². The van der Waals surface area contributed by atoms with Crippen molar-refractivity contribution >= 4 is 50.9 Å². The van der Waals surface area contributed by atoms with E-state index < -0.39 is 0 Å². The predicted molar refractivity (Wildman–Crippen MR) is 139 cm³/mol. The van der Waals surface area contributed by atoms with Crippen LogP contribution >= 0.6 is 35.2 Å². The van der Waals surface area contributed by atoms with E-state index in [-0.39, 0.29) is 6.04 Å². The fourth-order valence-corrected chi connectivity index (χ4v) is 5.34. The maximum atomic E-state index is 6.52. The minimum Gasteiger partial charge on any atom is -0.339 e. The smallest absolute Gasteiger partial charge is 0.105 e. The largest absolute Gasteiger partial charge is 0.339 e. The van der Waals surface area contributed by atoms with Gasteiger partial charge in [-0.2, -0.15) is 0 Å². The van der Waals surface area contributed by atoms with Crippen LogP contribution in [0.25, 0.3) is 0 Å². The summed E-state index contributed by atoms with van der Waals surface area (Å²) in [7, 11) is 0. The van der Waals surface area contributed by atoms with Gasteiger partial charge in [-0.1, -0.05) is 80.1 Å². The topological polar surface area (TPSA) is 24.4 Å². The molecule has 2 nitrogen and oxygen atoms in total. The highest BCUT2D eigenvalue weighted by atomic mass is 35.5. The number of rotatable bonds is 6. The van der Waals surface area contributed by atoms with E-state index in [9.17, 15) is 0 Å². The van der Waals surface area contributed by atoms with Crippen LogP contribution in [0.3, 0.4) is 0 Å². The van der Waals surface area contributed by atoms with Gasteiger partial charge in [-0.05, 0) is 55.4 Å². The van der Waals surface area contributed by atoms with Gasteiger partial charge in [0.15, 0.2) is 0 Å². The monoisotopic (exact) mass is 466 g/mol. The number of aliphatic imine (C=N–C) groups is 1. The van der Waals surface area contributed by atoms with Crippen molar-refractivity contribution in [3.05, 3.63) is 86.8 Å². The Balaban J connectivity index is 1.58. The molecule has 0 aliphatic carbocycles. The summed E-state index contributed by atoms with van der Waals surface area (Å²) in [4.78, 5) is 7.00. The highest BCUT2D eigenvalue weighted by Crippen LogP contribution is 2.35. The van der Waals surface area contributed by atoms with Crippen molar-refractivity contribution in [2.24, 2.45) is 10.9 Å². The Morgan fingerprint density at radius 3 is 2.45 bits per heavy atom. The molecule has 1 aliphatic heterocycles. The van der Waals surface area contributed by atoms with Gasteiger partial charge in [0.05, 0.1) is 11.8 Å². The van der Waals surface area contributed by atoms with Crippen molar-refractivity contribution < 1.29 is 0 Å². The number of aryl methyl sites for hydroxylation is 2. The van der Waals surface area contributed by atoms with Crippen LogP contribution in [0.2, 0.25) is 5.02 Å². The number of halogens is 1. The Morgan fingerprint density at radius 2 is 1.74 bits per heavy atom. The van der Waals surface area contributed by atoms with E-state index in [0.717, 1.165) is 46.1 Å². The summed E-state index contributed by atoms with van der Waals surface area (Å²) in [6.45, 7) is 6.54. The van der Waals surface area contributed by atoms with Gasteiger partial charge < -0.3 is 5.32 Å². The van der Waals surface area contributed by atoms with Gasteiger partial charge in [0, 0.05) is 21.0 Å². The van der Waals surface area contributed by atoms with E-state index in [0.29, 0.717) is 10.9 Å². The first-order valence-corrected chi connectivity index (χ1v) is 12.4. The van der Waals surface area contributed by atoms with Crippen LogP contribution < -0.4 is 5.32 Å². The van der Waals surface area contributed by atoms with Crippen molar-refractivity contribution in [3.8, 4) is 0 Å². The molecule has 5 heteroatoms. The molecule has 0 bridgehead atoms. The molecule has 1 aromatic heterocycles. The first-order chi connectivity index (χ1) is 14.9. The molecule has 3 aromatic rings. The van der Waals surface area contributed by atoms with E-state index in [4.69, 9.17) is 28.8 Å². The summed E-state index contributed by atoms with van der Waals surface area (Å²) in [5.74, 6) is 0.683. The molecule has 0 amide bonds. The highest BCUT2D eigenvalue weighted by molar-refractivity contribution is 7.80. The Morgan fingerprint density at radius 1 is 1.03 bits per heavy atom. The third kappa shape index (κ3) is 5.25. The lowest BCUT2D eigenvalue weighted by Gasteiger charge is -2.09. The fourth-order valence-electron chi connectivity index (χ4n) is 3.82. The van der Waals surface area contributed by atoms with Gasteiger partial charge in [0.25, 0.3) is 0 Å². The number of thiocarbonyl (C=S) groups is 1. The predicted octanol–water partition coefficient (Wildman–Crippen LogP) is 7.36. The molecule has 160 valence electrons. The fraction of sp³-hybridized carbons (Fsp3) is 0.308. The van der Waals surface area contributed by atoms with Crippen molar-refractivity contribution in [3.63, 3.8) is 0 Å². The Kier molecular flexibility index (Phi) is 6.90. The second-order valence-electron chi connectivity index (χ2n) is 8.49. The molecule has 4 rings (SSSR count). The number of nitrogens with one attached hydrogen (secondary N) is 1. The lowest BCUT2D eigenvalue weighted by atomic mass is 10.00. The van der Waals surface area contributed by atoms with Gasteiger partial charge in [-0.15, -0.1) is 11.3 Å². The average Bonchev–Trinajstić information content (AvgIpc) is 3.09. The summed E-state index contributed by atoms with van der Waals surface area (Å²) in [6.07, 6.45) is 3.13. The van der Waals surface area contributed by atoms with Crippen molar-refractivity contribution in [2.45, 2.75) is 46.1 Å². The zero-order chi connectivity index (χ0) is 22.0. The molecular weight excluding hydrogens is 440 g/mol. The molecule has 0 saturated heterocycles. The molecule has 2 aromatic carbocycles. The third-order valence-corrected chi connectivity index (χ3v) is 7.32. The molecule has 0 saturated carbocycles. The zero-order valence-corrected chi connectivity index (χ0v) is 20.5. The average molecular weight is 467 g/mol. The van der Waals surface area contributed by atoms with E-state index in [1.54, 1.807) is 11.3 Å². The standard InChI is InChI=1S/C26H27ClN2S2/c1-16(2)14-19-10-8-18(9-11-19)12-13-20-15-22-24(21-6-4-5-7-23(21)27)28-17(3)25(30)29-26(22)31-20/h4-11,15-17H,12-14H2,1-3H3,(H,29,30). The zero-order valence-electron chi connectivity index (χ0n) is 18.1. The quantitative estimate of drug-likeness (QED) is 0.383. The van der Waals surface area contributed by atoms with Crippen LogP contribution in [0.1, 0.15) is 47.9 Å². The number of nitrogens with zero attached hydrogens (tertiary/aromatic N) is 1. The van der Waals surface area contributed by atoms with Crippen LogP contribution in [0.5, 0.6) is 0 Å². The number of thiophene rings is 1. The SMILES string of the molecule is CC(C)Cc1ccc(CCc2cc3c(s2)NC(=S)C(C)N=C3c2ccccc2Cl)cc1. The summed E-state index contributed by atoms with van der Waals surface area (Å²) in [5.41, 5.74) is 5.74. The molecule has 1 aliphatic rings. The Hall–Kier alpha value is -2.01. The number of benzene rings is 2. The molecule has 0 fully saturated rings. The molecule has 2 heterocycles. The lowest BCUT2D eigenvalue weighted by Crippen LogP contribution is -2.19. The normalized spacial score (nSPS) is 16.0. The molecule has 1 atom stereocenters. The summed E-state index contributed by atoms with van der Waals surface area (Å²) >= 11 is 13.9. The number of hydrogen-bond donors (Lipinski definition) is 1. The maximum absolute atomic E-state index is 6.52. The van der Waals surface area contributed by atoms with Crippen LogP contribution in [0, 0.1) is 5.92 Å².